The van der Waals surface area contributed by atoms with Gasteiger partial charge in [0.05, 0.1) is 7.11 Å². The second-order valence-electron chi connectivity index (χ2n) is 5.90. The number of hydrogen-bond acceptors (Lipinski definition) is 7. The first-order valence-corrected chi connectivity index (χ1v) is 10.6. The Labute approximate surface area is 169 Å². The van der Waals surface area contributed by atoms with Crippen LogP contribution in [-0.4, -0.2) is 28.8 Å². The van der Waals surface area contributed by atoms with E-state index in [1.165, 1.54) is 26.2 Å². The lowest BCUT2D eigenvalue weighted by Gasteiger charge is -2.10. The normalized spacial score (nSPS) is 13.0. The summed E-state index contributed by atoms with van der Waals surface area (Å²) >= 11 is -2.56. The minimum absolute atomic E-state index is 0.0403. The van der Waals surface area contributed by atoms with E-state index in [4.69, 9.17) is 13.5 Å². The van der Waals surface area contributed by atoms with Crippen LogP contribution in [0.1, 0.15) is 5.56 Å². The summed E-state index contributed by atoms with van der Waals surface area (Å²) < 4.78 is 62.6. The van der Waals surface area contributed by atoms with E-state index in [1.807, 2.05) is 12.1 Å². The molecule has 29 heavy (non-hydrogen) atoms. The second-order valence-corrected chi connectivity index (χ2v) is 7.89. The highest BCUT2D eigenvalue weighted by atomic mass is 32.2. The van der Waals surface area contributed by atoms with Crippen LogP contribution in [0, 0.1) is 6.92 Å². The molecular weight excluding hydrogens is 420 g/mol. The van der Waals surface area contributed by atoms with Crippen LogP contribution in [0.25, 0.3) is 10.8 Å². The molecule has 3 aromatic rings. The van der Waals surface area contributed by atoms with Crippen LogP contribution < -0.4 is 8.92 Å². The number of azo groups is 1. The molecule has 3 aromatic carbocycles. The zero-order valence-corrected chi connectivity index (χ0v) is 16.9. The van der Waals surface area contributed by atoms with Gasteiger partial charge in [0.2, 0.25) is 0 Å². The summed E-state index contributed by atoms with van der Waals surface area (Å²) in [5, 5.41) is 9.71. The van der Waals surface area contributed by atoms with Crippen molar-refractivity contribution in [3.05, 3.63) is 54.1 Å². The van der Waals surface area contributed by atoms with Gasteiger partial charge < -0.3 is 8.92 Å². The average Bonchev–Trinajstić information content (AvgIpc) is 2.65. The molecule has 9 nitrogen and oxygen atoms in total. The van der Waals surface area contributed by atoms with E-state index in [2.05, 4.69) is 10.2 Å². The van der Waals surface area contributed by atoms with Crippen LogP contribution in [0.15, 0.2) is 63.7 Å². The molecular formula is C18H16N2O7S2. The second kappa shape index (κ2) is 8.25. The minimum atomic E-state index is -4.43. The zero-order valence-electron chi connectivity index (χ0n) is 15.3. The molecule has 0 bridgehead atoms. The maximum absolute atomic E-state index is 11.5. The summed E-state index contributed by atoms with van der Waals surface area (Å²) in [4.78, 5) is -0.307. The molecule has 3 rings (SSSR count). The first-order valence-electron chi connectivity index (χ1n) is 8.09. The van der Waals surface area contributed by atoms with Gasteiger partial charge in [-0.05, 0) is 30.0 Å². The predicted molar refractivity (Wildman–Crippen MR) is 107 cm³/mol. The van der Waals surface area contributed by atoms with Gasteiger partial charge in [0, 0.05) is 11.5 Å². The fraction of sp³-hybridized carbons (Fsp3) is 0.111. The van der Waals surface area contributed by atoms with Crippen molar-refractivity contribution in [2.24, 2.45) is 10.2 Å². The monoisotopic (exact) mass is 436 g/mol. The number of ether oxygens (including phenoxy) is 1. The number of benzene rings is 3. The van der Waals surface area contributed by atoms with Crippen LogP contribution in [0.3, 0.4) is 0 Å². The first-order chi connectivity index (χ1) is 13.7. The van der Waals surface area contributed by atoms with Crippen molar-refractivity contribution in [2.75, 3.05) is 7.11 Å². The Morgan fingerprint density at radius 2 is 1.76 bits per heavy atom. The van der Waals surface area contributed by atoms with E-state index in [9.17, 15) is 17.2 Å². The van der Waals surface area contributed by atoms with Crippen LogP contribution in [-0.2, 0) is 21.5 Å². The van der Waals surface area contributed by atoms with E-state index < -0.39 is 21.5 Å². The Morgan fingerprint density at radius 1 is 1.03 bits per heavy atom. The highest BCUT2D eigenvalue weighted by Gasteiger charge is 2.18. The summed E-state index contributed by atoms with van der Waals surface area (Å²) in [5.74, 6) is 0.110. The molecule has 1 unspecified atom stereocenters. The zero-order chi connectivity index (χ0) is 21.2. The van der Waals surface area contributed by atoms with Crippen LogP contribution in [0.2, 0.25) is 0 Å². The van der Waals surface area contributed by atoms with Crippen molar-refractivity contribution in [1.82, 2.24) is 0 Å². The van der Waals surface area contributed by atoms with Gasteiger partial charge in [-0.2, -0.15) is 12.6 Å². The van der Waals surface area contributed by atoms with E-state index in [0.29, 0.717) is 5.39 Å². The quantitative estimate of drug-likeness (QED) is 0.333. The van der Waals surface area contributed by atoms with Gasteiger partial charge in [0.25, 0.3) is 10.1 Å². The van der Waals surface area contributed by atoms with E-state index in [0.717, 1.165) is 11.5 Å². The van der Waals surface area contributed by atoms with Crippen molar-refractivity contribution in [3.63, 3.8) is 0 Å². The fourth-order valence-corrected chi connectivity index (χ4v) is 3.77. The van der Waals surface area contributed by atoms with E-state index in [1.54, 1.807) is 18.2 Å². The molecule has 0 heterocycles. The summed E-state index contributed by atoms with van der Waals surface area (Å²) in [7, 11) is -3.11. The van der Waals surface area contributed by atoms with Crippen molar-refractivity contribution >= 4 is 43.6 Å². The van der Waals surface area contributed by atoms with Crippen LogP contribution >= 0.6 is 0 Å². The standard InChI is InChI=1S/C18H16N2O7S2/c1-11-9-14(16(26-2)10-17(11)29(23,24)25)19-20-18-13-6-4-3-5-12(13)7-8-15(18)27-28(21)22/h3-10H,1-2H3,(H,21,22)(H,23,24,25). The fourth-order valence-electron chi connectivity index (χ4n) is 2.76. The van der Waals surface area contributed by atoms with Gasteiger partial charge in [-0.25, -0.2) is 0 Å². The molecule has 1 atom stereocenters. The molecule has 0 spiro atoms. The molecule has 0 aliphatic carbocycles. The smallest absolute Gasteiger partial charge is 0.357 e. The first kappa shape index (κ1) is 20.9. The SMILES string of the molecule is COc1cc(S(=O)(=O)O)c(C)cc1N=Nc1c(OS(=O)O)ccc2ccccc12. The third-order valence-electron chi connectivity index (χ3n) is 4.04. The lowest BCUT2D eigenvalue weighted by molar-refractivity contribution is 0.413. The lowest BCUT2D eigenvalue weighted by atomic mass is 10.1. The molecule has 0 saturated carbocycles. The minimum Gasteiger partial charge on any atom is -0.494 e. The molecule has 11 heteroatoms. The molecule has 0 saturated heterocycles. The maximum atomic E-state index is 11.5. The number of nitrogens with zero attached hydrogens (tertiary/aromatic N) is 2. The van der Waals surface area contributed by atoms with Crippen LogP contribution in [0.4, 0.5) is 11.4 Å². The van der Waals surface area contributed by atoms with E-state index >= 15 is 0 Å². The summed E-state index contributed by atoms with van der Waals surface area (Å²) in [6.07, 6.45) is 0. The van der Waals surface area contributed by atoms with Gasteiger partial charge in [-0.3, -0.25) is 9.11 Å². The summed E-state index contributed by atoms with van der Waals surface area (Å²) in [6.45, 7) is 1.49. The molecule has 0 fully saturated rings. The Hall–Kier alpha value is -2.86. The molecule has 0 aromatic heterocycles. The Bertz CT molecular complexity index is 1240. The highest BCUT2D eigenvalue weighted by molar-refractivity contribution is 7.85. The molecule has 0 amide bonds. The van der Waals surface area contributed by atoms with Gasteiger partial charge in [-0.1, -0.05) is 30.3 Å². The van der Waals surface area contributed by atoms with Gasteiger partial charge in [0.1, 0.15) is 22.0 Å². The molecule has 0 aliphatic rings. The van der Waals surface area contributed by atoms with Crippen molar-refractivity contribution in [1.29, 1.82) is 0 Å². The Morgan fingerprint density at radius 3 is 2.41 bits per heavy atom. The number of methoxy groups -OCH3 is 1. The van der Waals surface area contributed by atoms with Gasteiger partial charge >= 0.3 is 11.4 Å². The Balaban J connectivity index is 2.16. The number of aryl methyl sites for hydroxylation is 1. The lowest BCUT2D eigenvalue weighted by Crippen LogP contribution is -2.01. The largest absolute Gasteiger partial charge is 0.494 e. The Kier molecular flexibility index (Phi) is 5.94. The maximum Gasteiger partial charge on any atom is 0.357 e. The van der Waals surface area contributed by atoms with Crippen molar-refractivity contribution in [2.45, 2.75) is 11.8 Å². The molecule has 0 aliphatic heterocycles. The van der Waals surface area contributed by atoms with Crippen molar-refractivity contribution < 1.29 is 30.7 Å². The molecule has 0 radical (unpaired) electrons. The van der Waals surface area contributed by atoms with Gasteiger partial charge in [-0.15, -0.1) is 10.2 Å². The highest BCUT2D eigenvalue weighted by Crippen LogP contribution is 2.39. The third kappa shape index (κ3) is 4.59. The molecule has 152 valence electrons. The van der Waals surface area contributed by atoms with E-state index in [-0.39, 0.29) is 33.3 Å². The summed E-state index contributed by atoms with van der Waals surface area (Å²) in [6, 6.07) is 12.9. The van der Waals surface area contributed by atoms with Gasteiger partial charge in [0.15, 0.2) is 5.75 Å². The van der Waals surface area contributed by atoms with Crippen LogP contribution in [0.5, 0.6) is 11.5 Å². The summed E-state index contributed by atoms with van der Waals surface area (Å²) in [5.41, 5.74) is 0.651. The topological polar surface area (TPSA) is 135 Å². The van der Waals surface area contributed by atoms with Crippen molar-refractivity contribution in [3.8, 4) is 11.5 Å². The number of hydrogen-bond donors (Lipinski definition) is 2. The number of rotatable bonds is 6. The average molecular weight is 436 g/mol. The number of fused-ring (bicyclic) bond motifs is 1. The molecule has 2 N–H and O–H groups in total. The predicted octanol–water partition coefficient (Wildman–Crippen LogP) is 4.33. The third-order valence-corrected chi connectivity index (χ3v) is 5.35.